The second kappa shape index (κ2) is 10.6. The predicted molar refractivity (Wildman–Crippen MR) is 212 cm³/mol. The largest absolute Gasteiger partial charge is 0.312 e. The maximum absolute atomic E-state index is 2.61. The molecular formula is C44H34BN3Si. The van der Waals surface area contributed by atoms with Crippen molar-refractivity contribution in [3.8, 4) is 0 Å². The highest BCUT2D eigenvalue weighted by Gasteiger charge is 2.49. The Hall–Kier alpha value is -5.78. The molecule has 49 heavy (non-hydrogen) atoms. The van der Waals surface area contributed by atoms with Crippen LogP contribution in [0.5, 0.6) is 0 Å². The standard InChI is InChI=1S/C44H34BN3Si/c1-49(2)41-28-15-14-25-37(41)48-39-27-16-26-38-42(39)45(34-23-12-13-24-36(34)47(38)33-21-10-5-11-22-33)35-29-30-40(44(49)43(35)48)46(31-17-6-3-7-18-31)32-19-8-4-9-20-32/h3-30H,1-2H3. The van der Waals surface area contributed by atoms with Gasteiger partial charge in [0.1, 0.15) is 8.07 Å². The van der Waals surface area contributed by atoms with Crippen molar-refractivity contribution in [1.82, 2.24) is 0 Å². The van der Waals surface area contributed by atoms with E-state index in [0.29, 0.717) is 0 Å². The Morgan fingerprint density at radius 2 is 1.02 bits per heavy atom. The van der Waals surface area contributed by atoms with E-state index in [1.807, 2.05) is 0 Å². The van der Waals surface area contributed by atoms with Crippen LogP contribution >= 0.6 is 0 Å². The molecule has 3 nitrogen and oxygen atoms in total. The van der Waals surface area contributed by atoms with E-state index in [0.717, 1.165) is 0 Å². The van der Waals surface area contributed by atoms with Gasteiger partial charge < -0.3 is 14.7 Å². The molecule has 232 valence electrons. The summed E-state index contributed by atoms with van der Waals surface area (Å²) in [5.74, 6) is 0. The van der Waals surface area contributed by atoms with Crippen molar-refractivity contribution in [1.29, 1.82) is 0 Å². The van der Waals surface area contributed by atoms with Crippen LogP contribution in [0.2, 0.25) is 13.1 Å². The van der Waals surface area contributed by atoms with Gasteiger partial charge in [0.05, 0.1) is 0 Å². The number of anilines is 9. The molecule has 0 unspecified atom stereocenters. The van der Waals surface area contributed by atoms with E-state index in [1.165, 1.54) is 77.9 Å². The van der Waals surface area contributed by atoms with Crippen LogP contribution in [0, 0.1) is 0 Å². The van der Waals surface area contributed by atoms with Crippen molar-refractivity contribution < 1.29 is 0 Å². The minimum absolute atomic E-state index is 0.110. The summed E-state index contributed by atoms with van der Waals surface area (Å²) in [5.41, 5.74) is 15.3. The van der Waals surface area contributed by atoms with Crippen LogP contribution in [0.4, 0.5) is 51.2 Å². The van der Waals surface area contributed by atoms with E-state index in [-0.39, 0.29) is 6.71 Å². The van der Waals surface area contributed by atoms with E-state index in [2.05, 4.69) is 198 Å². The molecular weight excluding hydrogens is 609 g/mol. The fourth-order valence-electron chi connectivity index (χ4n) is 8.78. The first-order valence-corrected chi connectivity index (χ1v) is 20.2. The molecule has 0 saturated heterocycles. The zero-order valence-electron chi connectivity index (χ0n) is 27.6. The number of hydrogen-bond acceptors (Lipinski definition) is 3. The predicted octanol–water partition coefficient (Wildman–Crippen LogP) is 8.38. The number of fused-ring (bicyclic) bond motifs is 6. The molecule has 0 fully saturated rings. The van der Waals surface area contributed by atoms with Crippen LogP contribution in [0.15, 0.2) is 170 Å². The number of rotatable bonds is 4. The topological polar surface area (TPSA) is 9.72 Å². The summed E-state index contributed by atoms with van der Waals surface area (Å²) < 4.78 is 0. The molecule has 0 spiro atoms. The highest BCUT2D eigenvalue weighted by atomic mass is 28.3. The van der Waals surface area contributed by atoms with Gasteiger partial charge in [-0.25, -0.2) is 0 Å². The second-order valence-electron chi connectivity index (χ2n) is 13.8. The van der Waals surface area contributed by atoms with E-state index in [9.17, 15) is 0 Å². The molecule has 0 aliphatic carbocycles. The summed E-state index contributed by atoms with van der Waals surface area (Å²) in [4.78, 5) is 7.56. The summed E-state index contributed by atoms with van der Waals surface area (Å²) in [7, 11) is -2.27. The molecule has 7 aromatic rings. The lowest BCUT2D eigenvalue weighted by Crippen LogP contribution is -2.67. The average Bonchev–Trinajstić information content (AvgIpc) is 3.15. The minimum atomic E-state index is -2.27. The lowest BCUT2D eigenvalue weighted by Gasteiger charge is -2.50. The molecule has 10 rings (SSSR count). The first kappa shape index (κ1) is 28.3. The van der Waals surface area contributed by atoms with Crippen molar-refractivity contribution in [3.05, 3.63) is 170 Å². The Bertz CT molecular complexity index is 2350. The van der Waals surface area contributed by atoms with Crippen molar-refractivity contribution in [2.24, 2.45) is 0 Å². The first-order chi connectivity index (χ1) is 24.1. The lowest BCUT2D eigenvalue weighted by atomic mass is 9.33. The van der Waals surface area contributed by atoms with Gasteiger partial charge in [0.25, 0.3) is 6.71 Å². The fraction of sp³-hybridized carbons (Fsp3) is 0.0455. The van der Waals surface area contributed by atoms with Crippen molar-refractivity contribution in [2.75, 3.05) is 14.7 Å². The molecule has 3 heterocycles. The van der Waals surface area contributed by atoms with E-state index in [1.54, 1.807) is 0 Å². The monoisotopic (exact) mass is 643 g/mol. The minimum Gasteiger partial charge on any atom is -0.312 e. The van der Waals surface area contributed by atoms with Crippen LogP contribution in [-0.4, -0.2) is 14.8 Å². The second-order valence-corrected chi connectivity index (χ2v) is 18.0. The molecule has 0 atom stereocenters. The molecule has 0 saturated carbocycles. The Morgan fingerprint density at radius 3 is 1.71 bits per heavy atom. The third-order valence-electron chi connectivity index (χ3n) is 10.8. The SMILES string of the molecule is C[Si]1(C)c2ccccc2N2c3cccc4c3B(c3ccccc3N4c3ccccc3)c3ccc(N(c4ccccc4)c4ccccc4)c1c32. The van der Waals surface area contributed by atoms with E-state index >= 15 is 0 Å². The quantitative estimate of drug-likeness (QED) is 0.179. The van der Waals surface area contributed by atoms with Gasteiger partial charge in [-0.2, -0.15) is 0 Å². The zero-order chi connectivity index (χ0) is 32.7. The van der Waals surface area contributed by atoms with Gasteiger partial charge in [-0.3, -0.25) is 0 Å². The highest BCUT2D eigenvalue weighted by Crippen LogP contribution is 2.47. The maximum Gasteiger partial charge on any atom is 0.252 e. The molecule has 5 heteroatoms. The molecule has 0 radical (unpaired) electrons. The van der Waals surface area contributed by atoms with Gasteiger partial charge >= 0.3 is 0 Å². The Balaban J connectivity index is 1.32. The van der Waals surface area contributed by atoms with Gasteiger partial charge in [0.15, 0.2) is 0 Å². The van der Waals surface area contributed by atoms with Gasteiger partial charge in [0, 0.05) is 51.2 Å². The Kier molecular flexibility index (Phi) is 6.12. The molecule has 0 N–H and O–H groups in total. The summed E-state index contributed by atoms with van der Waals surface area (Å²) in [6.45, 7) is 5.21. The molecule has 3 aliphatic rings. The van der Waals surface area contributed by atoms with E-state index < -0.39 is 8.07 Å². The van der Waals surface area contributed by atoms with Crippen LogP contribution < -0.4 is 41.5 Å². The van der Waals surface area contributed by atoms with Crippen LogP contribution in [0.1, 0.15) is 0 Å². The Labute approximate surface area is 289 Å². The van der Waals surface area contributed by atoms with Gasteiger partial charge in [-0.1, -0.05) is 116 Å². The molecule has 0 aromatic heterocycles. The zero-order valence-corrected chi connectivity index (χ0v) is 28.6. The maximum atomic E-state index is 2.61. The van der Waals surface area contributed by atoms with Gasteiger partial charge in [0.2, 0.25) is 0 Å². The Morgan fingerprint density at radius 1 is 0.469 bits per heavy atom. The number of para-hydroxylation sites is 5. The molecule has 3 aliphatic heterocycles. The lowest BCUT2D eigenvalue weighted by molar-refractivity contribution is 1.24. The summed E-state index contributed by atoms with van der Waals surface area (Å²) in [5, 5.41) is 2.95. The smallest absolute Gasteiger partial charge is 0.252 e. The van der Waals surface area contributed by atoms with Crippen molar-refractivity contribution >= 4 is 92.7 Å². The van der Waals surface area contributed by atoms with Crippen molar-refractivity contribution in [3.63, 3.8) is 0 Å². The summed E-state index contributed by atoms with van der Waals surface area (Å²) >= 11 is 0. The van der Waals surface area contributed by atoms with Gasteiger partial charge in [-0.15, -0.1) is 0 Å². The van der Waals surface area contributed by atoms with Crippen molar-refractivity contribution in [2.45, 2.75) is 13.1 Å². The van der Waals surface area contributed by atoms with Crippen LogP contribution in [0.3, 0.4) is 0 Å². The van der Waals surface area contributed by atoms with Gasteiger partial charge in [-0.05, 0) is 93.5 Å². The van der Waals surface area contributed by atoms with Crippen LogP contribution in [0.25, 0.3) is 0 Å². The molecule has 7 aromatic carbocycles. The van der Waals surface area contributed by atoms with Crippen LogP contribution in [-0.2, 0) is 0 Å². The third kappa shape index (κ3) is 3.97. The number of nitrogens with zero attached hydrogens (tertiary/aromatic N) is 3. The normalized spacial score (nSPS) is 14.4. The van der Waals surface area contributed by atoms with E-state index in [4.69, 9.17) is 0 Å². The highest BCUT2D eigenvalue weighted by molar-refractivity contribution is 7.06. The fourth-order valence-corrected chi connectivity index (χ4v) is 12.1. The number of hydrogen-bond donors (Lipinski definition) is 0. The third-order valence-corrected chi connectivity index (χ3v) is 14.3. The number of benzene rings is 7. The first-order valence-electron chi connectivity index (χ1n) is 17.2. The summed E-state index contributed by atoms with van der Waals surface area (Å²) in [6, 6.07) is 62.6. The summed E-state index contributed by atoms with van der Waals surface area (Å²) in [6.07, 6.45) is 0. The molecule has 0 bridgehead atoms. The molecule has 0 amide bonds. The average molecular weight is 644 g/mol.